The second kappa shape index (κ2) is 8.70. The molecule has 7 nitrogen and oxygen atoms in total. The second-order valence-electron chi connectivity index (χ2n) is 7.28. The van der Waals surface area contributed by atoms with Crippen LogP contribution < -0.4 is 10.6 Å². The number of aromatic amines is 1. The number of ether oxygens (including phenoxy) is 1. The van der Waals surface area contributed by atoms with Gasteiger partial charge in [0.2, 0.25) is 5.91 Å². The van der Waals surface area contributed by atoms with Crippen molar-refractivity contribution in [3.63, 3.8) is 0 Å². The molecular formula is C17H30N4O3. The number of aromatic nitrogens is 2. The maximum Gasteiger partial charge on any atom is 0.407 e. The maximum atomic E-state index is 12.5. The summed E-state index contributed by atoms with van der Waals surface area (Å²) in [6, 6.07) is -0.330. The van der Waals surface area contributed by atoms with Gasteiger partial charge in [0.25, 0.3) is 0 Å². The molecule has 7 heteroatoms. The molecule has 0 aliphatic carbocycles. The van der Waals surface area contributed by atoms with E-state index in [-0.39, 0.29) is 23.8 Å². The standard InChI is InChI=1S/C17H30N4O3/c1-11(2)14(12(3)21-16(23)24-17(4,5)6)15(22)20-8-7-13-18-9-10-19-13/h9-12,14H,7-8H2,1-6H3,(H,18,19)(H,20,22)(H,21,23). The summed E-state index contributed by atoms with van der Waals surface area (Å²) < 4.78 is 5.25. The Hall–Kier alpha value is -2.05. The molecule has 24 heavy (non-hydrogen) atoms. The lowest BCUT2D eigenvalue weighted by molar-refractivity contribution is -0.127. The van der Waals surface area contributed by atoms with Crippen molar-refractivity contribution in [3.8, 4) is 0 Å². The van der Waals surface area contributed by atoms with Crippen LogP contribution in [-0.2, 0) is 16.0 Å². The lowest BCUT2D eigenvalue weighted by Gasteiger charge is -2.28. The fourth-order valence-electron chi connectivity index (χ4n) is 2.55. The Kier molecular flexibility index (Phi) is 7.25. The minimum absolute atomic E-state index is 0.0820. The van der Waals surface area contributed by atoms with E-state index in [9.17, 15) is 9.59 Å². The van der Waals surface area contributed by atoms with Gasteiger partial charge in [-0.25, -0.2) is 9.78 Å². The van der Waals surface area contributed by atoms with Crippen LogP contribution in [0.4, 0.5) is 4.79 Å². The van der Waals surface area contributed by atoms with Gasteiger partial charge in [0, 0.05) is 31.4 Å². The van der Waals surface area contributed by atoms with E-state index in [0.717, 1.165) is 5.82 Å². The predicted molar refractivity (Wildman–Crippen MR) is 92.5 cm³/mol. The van der Waals surface area contributed by atoms with Crippen LogP contribution in [0, 0.1) is 11.8 Å². The SMILES string of the molecule is CC(C)C(C(=O)NCCc1ncc[nH]1)C(C)NC(=O)OC(C)(C)C. The van der Waals surface area contributed by atoms with E-state index in [2.05, 4.69) is 20.6 Å². The summed E-state index contributed by atoms with van der Waals surface area (Å²) in [5.41, 5.74) is -0.567. The molecule has 136 valence electrons. The van der Waals surface area contributed by atoms with Gasteiger partial charge >= 0.3 is 6.09 Å². The predicted octanol–water partition coefficient (Wildman–Crippen LogP) is 2.25. The van der Waals surface area contributed by atoms with Crippen LogP contribution in [0.2, 0.25) is 0 Å². The number of hydrogen-bond acceptors (Lipinski definition) is 4. The molecule has 0 radical (unpaired) electrons. The lowest BCUT2D eigenvalue weighted by Crippen LogP contribution is -2.48. The van der Waals surface area contributed by atoms with Crippen molar-refractivity contribution < 1.29 is 14.3 Å². The minimum Gasteiger partial charge on any atom is -0.444 e. The number of H-pyrrole nitrogens is 1. The van der Waals surface area contributed by atoms with Gasteiger partial charge in [0.1, 0.15) is 11.4 Å². The third kappa shape index (κ3) is 7.02. The van der Waals surface area contributed by atoms with Crippen molar-refractivity contribution in [3.05, 3.63) is 18.2 Å². The molecule has 0 aliphatic heterocycles. The normalized spacial score (nSPS) is 14.1. The second-order valence-corrected chi connectivity index (χ2v) is 7.28. The van der Waals surface area contributed by atoms with Gasteiger partial charge in [-0.1, -0.05) is 13.8 Å². The molecule has 1 aromatic rings. The average molecular weight is 338 g/mol. The smallest absolute Gasteiger partial charge is 0.407 e. The van der Waals surface area contributed by atoms with Gasteiger partial charge in [0.15, 0.2) is 0 Å². The number of amides is 2. The van der Waals surface area contributed by atoms with Crippen LogP contribution >= 0.6 is 0 Å². The summed E-state index contributed by atoms with van der Waals surface area (Å²) in [6.45, 7) is 11.7. The van der Waals surface area contributed by atoms with Gasteiger partial charge in [-0.2, -0.15) is 0 Å². The van der Waals surface area contributed by atoms with E-state index >= 15 is 0 Å². The summed E-state index contributed by atoms with van der Waals surface area (Å²) in [5.74, 6) is 0.490. The number of rotatable bonds is 7. The zero-order valence-corrected chi connectivity index (χ0v) is 15.5. The van der Waals surface area contributed by atoms with E-state index in [1.54, 1.807) is 33.2 Å². The van der Waals surface area contributed by atoms with E-state index in [0.29, 0.717) is 13.0 Å². The number of hydrogen-bond donors (Lipinski definition) is 3. The number of carbonyl (C=O) groups is 2. The van der Waals surface area contributed by atoms with Gasteiger partial charge in [0.05, 0.1) is 5.92 Å². The maximum absolute atomic E-state index is 12.5. The Morgan fingerprint density at radius 1 is 1.29 bits per heavy atom. The highest BCUT2D eigenvalue weighted by molar-refractivity contribution is 5.80. The van der Waals surface area contributed by atoms with Crippen molar-refractivity contribution >= 4 is 12.0 Å². The zero-order valence-electron chi connectivity index (χ0n) is 15.5. The molecule has 1 heterocycles. The van der Waals surface area contributed by atoms with Crippen molar-refractivity contribution in [1.82, 2.24) is 20.6 Å². The van der Waals surface area contributed by atoms with Crippen LogP contribution in [0.3, 0.4) is 0 Å². The van der Waals surface area contributed by atoms with Crippen molar-refractivity contribution in [2.45, 2.75) is 59.6 Å². The fourth-order valence-corrected chi connectivity index (χ4v) is 2.55. The highest BCUT2D eigenvalue weighted by Crippen LogP contribution is 2.17. The summed E-state index contributed by atoms with van der Waals surface area (Å²) >= 11 is 0. The average Bonchev–Trinajstić information content (AvgIpc) is 2.88. The van der Waals surface area contributed by atoms with Crippen LogP contribution in [0.25, 0.3) is 0 Å². The third-order valence-corrected chi connectivity index (χ3v) is 3.52. The Morgan fingerprint density at radius 2 is 1.96 bits per heavy atom. The summed E-state index contributed by atoms with van der Waals surface area (Å²) in [6.07, 6.45) is 3.56. The molecule has 1 rings (SSSR count). The van der Waals surface area contributed by atoms with Crippen LogP contribution in [0.15, 0.2) is 12.4 Å². The largest absolute Gasteiger partial charge is 0.444 e. The first-order chi connectivity index (χ1) is 11.1. The number of alkyl carbamates (subject to hydrolysis) is 1. The minimum atomic E-state index is -0.567. The quantitative estimate of drug-likeness (QED) is 0.710. The number of imidazole rings is 1. The molecule has 0 saturated heterocycles. The molecule has 3 N–H and O–H groups in total. The van der Waals surface area contributed by atoms with Crippen molar-refractivity contribution in [2.75, 3.05) is 6.54 Å². The Morgan fingerprint density at radius 3 is 2.46 bits per heavy atom. The molecule has 0 spiro atoms. The van der Waals surface area contributed by atoms with Crippen LogP contribution in [0.1, 0.15) is 47.4 Å². The monoisotopic (exact) mass is 338 g/mol. The molecule has 2 amide bonds. The summed E-state index contributed by atoms with van der Waals surface area (Å²) in [7, 11) is 0. The van der Waals surface area contributed by atoms with E-state index in [1.807, 2.05) is 20.8 Å². The van der Waals surface area contributed by atoms with Gasteiger partial charge in [-0.05, 0) is 33.6 Å². The first-order valence-corrected chi connectivity index (χ1v) is 8.35. The Labute approximate surface area is 144 Å². The molecule has 1 aromatic heterocycles. The molecule has 0 aromatic carbocycles. The molecule has 0 saturated carbocycles. The van der Waals surface area contributed by atoms with Gasteiger partial charge in [-0.3, -0.25) is 4.79 Å². The lowest BCUT2D eigenvalue weighted by atomic mass is 9.88. The molecule has 0 aliphatic rings. The van der Waals surface area contributed by atoms with E-state index in [1.165, 1.54) is 0 Å². The number of nitrogens with one attached hydrogen (secondary N) is 3. The molecule has 0 bridgehead atoms. The van der Waals surface area contributed by atoms with E-state index in [4.69, 9.17) is 4.74 Å². The summed E-state index contributed by atoms with van der Waals surface area (Å²) in [5, 5.41) is 5.68. The van der Waals surface area contributed by atoms with Crippen molar-refractivity contribution in [1.29, 1.82) is 0 Å². The van der Waals surface area contributed by atoms with Crippen LogP contribution in [-0.4, -0.2) is 40.2 Å². The fraction of sp³-hybridized carbons (Fsp3) is 0.706. The highest BCUT2D eigenvalue weighted by Gasteiger charge is 2.30. The van der Waals surface area contributed by atoms with Gasteiger partial charge in [-0.15, -0.1) is 0 Å². The molecular weight excluding hydrogens is 308 g/mol. The number of carbonyl (C=O) groups excluding carboxylic acids is 2. The van der Waals surface area contributed by atoms with E-state index < -0.39 is 11.7 Å². The van der Waals surface area contributed by atoms with Crippen molar-refractivity contribution in [2.24, 2.45) is 11.8 Å². The molecule has 0 fully saturated rings. The highest BCUT2D eigenvalue weighted by atomic mass is 16.6. The summed E-state index contributed by atoms with van der Waals surface area (Å²) in [4.78, 5) is 31.5. The molecule has 2 unspecified atom stereocenters. The Bertz CT molecular complexity index is 520. The first-order valence-electron chi connectivity index (χ1n) is 8.35. The molecule has 2 atom stereocenters. The number of nitrogens with zero attached hydrogens (tertiary/aromatic N) is 1. The Balaban J connectivity index is 2.54. The topological polar surface area (TPSA) is 96.1 Å². The van der Waals surface area contributed by atoms with Crippen LogP contribution in [0.5, 0.6) is 0 Å². The van der Waals surface area contributed by atoms with Gasteiger partial charge < -0.3 is 20.4 Å². The zero-order chi connectivity index (χ0) is 18.3. The third-order valence-electron chi connectivity index (χ3n) is 3.52. The first kappa shape index (κ1) is 20.0.